The maximum Gasteiger partial charge on any atom is 0.109 e. The molecule has 0 radical (unpaired) electrons. The van der Waals surface area contributed by atoms with E-state index in [0.29, 0.717) is 12.0 Å². The molecule has 0 saturated carbocycles. The van der Waals surface area contributed by atoms with E-state index in [9.17, 15) is 0 Å². The molecule has 0 saturated heterocycles. The van der Waals surface area contributed by atoms with Crippen molar-refractivity contribution >= 4 is 0 Å². The quantitative estimate of drug-likeness (QED) is 0.862. The van der Waals surface area contributed by atoms with E-state index < -0.39 is 0 Å². The van der Waals surface area contributed by atoms with E-state index in [4.69, 9.17) is 0 Å². The van der Waals surface area contributed by atoms with Crippen LogP contribution in [0.4, 0.5) is 0 Å². The molecule has 1 N–H and O–H groups in total. The molecule has 1 unspecified atom stereocenters. The lowest BCUT2D eigenvalue weighted by Gasteiger charge is -2.19. The van der Waals surface area contributed by atoms with E-state index in [1.165, 1.54) is 5.56 Å². The van der Waals surface area contributed by atoms with Crippen molar-refractivity contribution in [2.45, 2.75) is 32.2 Å². The van der Waals surface area contributed by atoms with Crippen molar-refractivity contribution in [2.75, 3.05) is 6.54 Å². The Bertz CT molecular complexity index is 488. The van der Waals surface area contributed by atoms with Crippen molar-refractivity contribution in [3.63, 3.8) is 0 Å². The number of imidazole rings is 1. The van der Waals surface area contributed by atoms with Crippen LogP contribution in [0.2, 0.25) is 0 Å². The molecule has 0 spiro atoms. The van der Waals surface area contributed by atoms with Gasteiger partial charge in [-0.15, -0.1) is 0 Å². The molecule has 2 aromatic rings. The summed E-state index contributed by atoms with van der Waals surface area (Å²) in [4.78, 5) is 4.44. The molecule has 19 heavy (non-hydrogen) atoms. The normalized spacial score (nSPS) is 12.8. The summed E-state index contributed by atoms with van der Waals surface area (Å²) in [6.45, 7) is 5.35. The molecule has 1 heterocycles. The summed E-state index contributed by atoms with van der Waals surface area (Å²) in [5.41, 5.74) is 1.37. The van der Waals surface area contributed by atoms with Crippen LogP contribution in [0.1, 0.15) is 31.2 Å². The van der Waals surface area contributed by atoms with Crippen molar-refractivity contribution in [1.29, 1.82) is 0 Å². The van der Waals surface area contributed by atoms with Crippen molar-refractivity contribution in [3.05, 3.63) is 54.1 Å². The molecule has 0 amide bonds. The van der Waals surface area contributed by atoms with Crippen molar-refractivity contribution in [3.8, 4) is 0 Å². The molecule has 0 aliphatic heterocycles. The van der Waals surface area contributed by atoms with Crippen LogP contribution in [0.15, 0.2) is 42.7 Å². The monoisotopic (exact) mass is 257 g/mol. The number of nitrogens with one attached hydrogen (secondary N) is 1. The van der Waals surface area contributed by atoms with Crippen LogP contribution in [0.25, 0.3) is 0 Å². The number of rotatable bonds is 6. The molecule has 3 nitrogen and oxygen atoms in total. The Labute approximate surface area is 115 Å². The van der Waals surface area contributed by atoms with E-state index in [0.717, 1.165) is 18.8 Å². The first kappa shape index (κ1) is 13.8. The van der Waals surface area contributed by atoms with E-state index in [-0.39, 0.29) is 0 Å². The molecule has 102 valence electrons. The summed E-state index contributed by atoms with van der Waals surface area (Å²) in [6, 6.07) is 11.2. The summed E-state index contributed by atoms with van der Waals surface area (Å²) in [6.07, 6.45) is 4.84. The number of benzene rings is 1. The SMILES string of the molecule is CC(C)NCC(Cc1nccn1C)c1ccccc1. The number of aryl methyl sites for hydroxylation is 1. The average Bonchev–Trinajstić information content (AvgIpc) is 2.81. The van der Waals surface area contributed by atoms with Gasteiger partial charge in [0.15, 0.2) is 0 Å². The average molecular weight is 257 g/mol. The highest BCUT2D eigenvalue weighted by atomic mass is 15.0. The van der Waals surface area contributed by atoms with Gasteiger partial charge in [-0.05, 0) is 5.56 Å². The third-order valence-electron chi connectivity index (χ3n) is 3.39. The van der Waals surface area contributed by atoms with Gasteiger partial charge in [0.25, 0.3) is 0 Å². The van der Waals surface area contributed by atoms with Crippen molar-refractivity contribution < 1.29 is 0 Å². The van der Waals surface area contributed by atoms with Crippen LogP contribution in [0.3, 0.4) is 0 Å². The lowest BCUT2D eigenvalue weighted by atomic mass is 9.95. The number of hydrogen-bond acceptors (Lipinski definition) is 2. The summed E-state index contributed by atoms with van der Waals surface area (Å²) in [5, 5.41) is 3.54. The minimum atomic E-state index is 0.463. The summed E-state index contributed by atoms with van der Waals surface area (Å²) >= 11 is 0. The van der Waals surface area contributed by atoms with E-state index in [1.807, 2.05) is 12.4 Å². The van der Waals surface area contributed by atoms with Gasteiger partial charge in [-0.1, -0.05) is 44.2 Å². The first-order chi connectivity index (χ1) is 9.16. The largest absolute Gasteiger partial charge is 0.338 e. The van der Waals surface area contributed by atoms with Gasteiger partial charge in [-0.25, -0.2) is 4.98 Å². The van der Waals surface area contributed by atoms with Gasteiger partial charge in [0.2, 0.25) is 0 Å². The first-order valence-corrected chi connectivity index (χ1v) is 6.91. The van der Waals surface area contributed by atoms with Gasteiger partial charge in [0.05, 0.1) is 0 Å². The summed E-state index contributed by atoms with van der Waals surface area (Å²) in [5.74, 6) is 1.60. The second-order valence-corrected chi connectivity index (χ2v) is 5.33. The highest BCUT2D eigenvalue weighted by Crippen LogP contribution is 2.19. The van der Waals surface area contributed by atoms with Gasteiger partial charge in [0.1, 0.15) is 5.82 Å². The lowest BCUT2D eigenvalue weighted by Crippen LogP contribution is -2.29. The van der Waals surface area contributed by atoms with E-state index in [2.05, 4.69) is 66.1 Å². The van der Waals surface area contributed by atoms with Gasteiger partial charge in [-0.2, -0.15) is 0 Å². The first-order valence-electron chi connectivity index (χ1n) is 6.91. The van der Waals surface area contributed by atoms with Gasteiger partial charge in [-0.3, -0.25) is 0 Å². The molecule has 0 fully saturated rings. The molecule has 3 heteroatoms. The Hall–Kier alpha value is -1.61. The molecular formula is C16H23N3. The fourth-order valence-electron chi connectivity index (χ4n) is 2.22. The van der Waals surface area contributed by atoms with E-state index >= 15 is 0 Å². The maximum atomic E-state index is 4.44. The van der Waals surface area contributed by atoms with Crippen LogP contribution in [0.5, 0.6) is 0 Å². The molecule has 1 atom stereocenters. The van der Waals surface area contributed by atoms with Crippen molar-refractivity contribution in [2.24, 2.45) is 7.05 Å². The van der Waals surface area contributed by atoms with Crippen LogP contribution < -0.4 is 5.32 Å². The predicted molar refractivity (Wildman–Crippen MR) is 79.2 cm³/mol. The Morgan fingerprint density at radius 3 is 2.53 bits per heavy atom. The zero-order chi connectivity index (χ0) is 13.7. The lowest BCUT2D eigenvalue weighted by molar-refractivity contribution is 0.516. The number of aromatic nitrogens is 2. The minimum Gasteiger partial charge on any atom is -0.338 e. The van der Waals surface area contributed by atoms with Gasteiger partial charge >= 0.3 is 0 Å². The minimum absolute atomic E-state index is 0.463. The molecular weight excluding hydrogens is 234 g/mol. The standard InChI is InChI=1S/C16H23N3/c1-13(2)18-12-15(14-7-5-4-6-8-14)11-16-17-9-10-19(16)3/h4-10,13,15,18H,11-12H2,1-3H3. The number of hydrogen-bond donors (Lipinski definition) is 1. The molecule has 0 aliphatic rings. The summed E-state index contributed by atoms with van der Waals surface area (Å²) < 4.78 is 2.10. The van der Waals surface area contributed by atoms with Crippen LogP contribution in [0, 0.1) is 0 Å². The van der Waals surface area contributed by atoms with E-state index in [1.54, 1.807) is 0 Å². The smallest absolute Gasteiger partial charge is 0.109 e. The second kappa shape index (κ2) is 6.53. The number of nitrogens with zero attached hydrogens (tertiary/aromatic N) is 2. The molecule has 1 aromatic heterocycles. The van der Waals surface area contributed by atoms with Crippen molar-refractivity contribution in [1.82, 2.24) is 14.9 Å². The Morgan fingerprint density at radius 1 is 1.21 bits per heavy atom. The highest BCUT2D eigenvalue weighted by Gasteiger charge is 2.14. The topological polar surface area (TPSA) is 29.9 Å². The van der Waals surface area contributed by atoms with Crippen LogP contribution >= 0.6 is 0 Å². The third-order valence-corrected chi connectivity index (χ3v) is 3.39. The van der Waals surface area contributed by atoms with Crippen LogP contribution in [-0.2, 0) is 13.5 Å². The summed E-state index contributed by atoms with van der Waals surface area (Å²) in [7, 11) is 2.06. The fourth-order valence-corrected chi connectivity index (χ4v) is 2.22. The molecule has 2 rings (SSSR count). The second-order valence-electron chi connectivity index (χ2n) is 5.33. The maximum absolute atomic E-state index is 4.44. The molecule has 0 bridgehead atoms. The third kappa shape index (κ3) is 3.93. The van der Waals surface area contributed by atoms with Gasteiger partial charge in [0, 0.05) is 44.4 Å². The van der Waals surface area contributed by atoms with Gasteiger partial charge < -0.3 is 9.88 Å². The molecule has 1 aromatic carbocycles. The Balaban J connectivity index is 2.12. The Kier molecular flexibility index (Phi) is 4.74. The highest BCUT2D eigenvalue weighted by molar-refractivity contribution is 5.21. The fraction of sp³-hybridized carbons (Fsp3) is 0.438. The zero-order valence-electron chi connectivity index (χ0n) is 12.0. The Morgan fingerprint density at radius 2 is 1.95 bits per heavy atom. The predicted octanol–water partition coefficient (Wildman–Crippen LogP) is 2.74. The molecule has 0 aliphatic carbocycles. The van der Waals surface area contributed by atoms with Crippen LogP contribution in [-0.4, -0.2) is 22.1 Å². The zero-order valence-corrected chi connectivity index (χ0v) is 12.0.